The van der Waals surface area contributed by atoms with Crippen LogP contribution in [0.15, 0.2) is 60.8 Å². The largest absolute Gasteiger partial charge is 0.391 e. The summed E-state index contributed by atoms with van der Waals surface area (Å²) < 4.78 is 1.61. The van der Waals surface area contributed by atoms with Gasteiger partial charge in [0.05, 0.1) is 11.8 Å². The number of hydrogen-bond donors (Lipinski definition) is 3. The van der Waals surface area contributed by atoms with Crippen molar-refractivity contribution in [2.45, 2.75) is 76.1 Å². The van der Waals surface area contributed by atoms with Gasteiger partial charge in [0.25, 0.3) is 0 Å². The highest BCUT2D eigenvalue weighted by Gasteiger charge is 2.44. The first-order valence-corrected chi connectivity index (χ1v) is 14.4. The molecular weight excluding hydrogens is 520 g/mol. The van der Waals surface area contributed by atoms with Crippen LogP contribution in [0.1, 0.15) is 62.7 Å². The maximum Gasteiger partial charge on any atom is 0.248 e. The minimum Gasteiger partial charge on any atom is -0.391 e. The smallest absolute Gasteiger partial charge is 0.248 e. The zero-order chi connectivity index (χ0) is 29.1. The van der Waals surface area contributed by atoms with Crippen LogP contribution in [0.3, 0.4) is 0 Å². The molecule has 5 rings (SSSR count). The van der Waals surface area contributed by atoms with Crippen molar-refractivity contribution in [1.29, 1.82) is 0 Å². The molecule has 10 nitrogen and oxygen atoms in total. The first-order valence-electron chi connectivity index (χ1n) is 14.4. The molecule has 4 N–H and O–H groups in total. The number of likely N-dealkylation sites (tertiary alicyclic amines) is 1. The van der Waals surface area contributed by atoms with Crippen LogP contribution in [0.2, 0.25) is 0 Å². The normalized spacial score (nSPS) is 20.8. The topological polar surface area (TPSA) is 143 Å². The van der Waals surface area contributed by atoms with Crippen molar-refractivity contribution in [3.05, 3.63) is 72.1 Å². The molecule has 2 unspecified atom stereocenters. The molecule has 3 amide bonds. The molecule has 2 heterocycles. The highest BCUT2D eigenvalue weighted by atomic mass is 16.3. The molecule has 41 heavy (non-hydrogen) atoms. The van der Waals surface area contributed by atoms with Crippen LogP contribution >= 0.6 is 0 Å². The van der Waals surface area contributed by atoms with Crippen molar-refractivity contribution in [2.75, 3.05) is 6.54 Å². The van der Waals surface area contributed by atoms with E-state index >= 15 is 0 Å². The molecule has 10 heteroatoms. The Bertz CT molecular complexity index is 1370. The number of hydrogen-bond acceptors (Lipinski definition) is 6. The highest BCUT2D eigenvalue weighted by molar-refractivity contribution is 5.93. The predicted octanol–water partition coefficient (Wildman–Crippen LogP) is 2.58. The Kier molecular flexibility index (Phi) is 8.49. The van der Waals surface area contributed by atoms with Gasteiger partial charge in [-0.2, -0.15) is 0 Å². The Morgan fingerprint density at radius 2 is 1.76 bits per heavy atom. The van der Waals surface area contributed by atoms with Gasteiger partial charge < -0.3 is 21.1 Å². The van der Waals surface area contributed by atoms with Gasteiger partial charge in [0.1, 0.15) is 18.1 Å². The third-order valence-electron chi connectivity index (χ3n) is 8.27. The van der Waals surface area contributed by atoms with Crippen LogP contribution in [0.4, 0.5) is 0 Å². The predicted molar refractivity (Wildman–Crippen MR) is 153 cm³/mol. The van der Waals surface area contributed by atoms with Gasteiger partial charge in [0, 0.05) is 31.5 Å². The van der Waals surface area contributed by atoms with Crippen LogP contribution in [-0.2, 0) is 20.8 Å². The molecule has 1 saturated heterocycles. The quantitative estimate of drug-likeness (QED) is 0.330. The number of carbonyl (C=O) groups is 3. The average Bonchev–Trinajstić information content (AvgIpc) is 3.58. The number of nitrogens with two attached hydrogens (primary N) is 1. The standard InChI is InChI=1S/C31H38N6O4/c1-3-19(2)28(37-18-26(34-35-37)23-13-14-23)31(41)36-17-24(38)16-27(36)30(40)33-25(29(32)39)15-20-9-11-22(12-10-20)21-7-5-4-6-8-21/h4-12,18-19,23-25,27-28,38H,3,13-17H2,1-2H3,(H2,32,39)(H,33,40)/t19?,24-,25-,27?,28+/m1/s1. The summed E-state index contributed by atoms with van der Waals surface area (Å²) in [6.45, 7) is 3.99. The number of aromatic nitrogens is 3. The number of rotatable bonds is 11. The number of aliphatic hydroxyl groups is 1. The van der Waals surface area contributed by atoms with E-state index in [1.807, 2.05) is 74.6 Å². The van der Waals surface area contributed by atoms with Gasteiger partial charge >= 0.3 is 0 Å². The van der Waals surface area contributed by atoms with E-state index < -0.39 is 36.0 Å². The first kappa shape index (κ1) is 28.5. The maximum absolute atomic E-state index is 13.9. The fourth-order valence-electron chi connectivity index (χ4n) is 5.50. The van der Waals surface area contributed by atoms with Gasteiger partial charge in [-0.25, -0.2) is 4.68 Å². The second-order valence-corrected chi connectivity index (χ2v) is 11.4. The van der Waals surface area contributed by atoms with Crippen LogP contribution < -0.4 is 11.1 Å². The Hall–Kier alpha value is -4.05. The van der Waals surface area contributed by atoms with Crippen molar-refractivity contribution >= 4 is 17.7 Å². The Balaban J connectivity index is 1.30. The molecule has 5 atom stereocenters. The molecule has 2 aromatic carbocycles. The third-order valence-corrected chi connectivity index (χ3v) is 8.27. The van der Waals surface area contributed by atoms with E-state index in [1.165, 1.54) is 4.90 Å². The summed E-state index contributed by atoms with van der Waals surface area (Å²) in [6, 6.07) is 15.1. The van der Waals surface area contributed by atoms with E-state index in [2.05, 4.69) is 15.6 Å². The molecule has 0 spiro atoms. The van der Waals surface area contributed by atoms with Gasteiger partial charge in [-0.05, 0) is 35.4 Å². The fraction of sp³-hybridized carbons (Fsp3) is 0.452. The summed E-state index contributed by atoms with van der Waals surface area (Å²) in [5.41, 5.74) is 9.51. The zero-order valence-electron chi connectivity index (χ0n) is 23.5. The molecule has 1 saturated carbocycles. The van der Waals surface area contributed by atoms with Crippen molar-refractivity contribution in [3.63, 3.8) is 0 Å². The van der Waals surface area contributed by atoms with Crippen molar-refractivity contribution in [3.8, 4) is 11.1 Å². The highest BCUT2D eigenvalue weighted by Crippen LogP contribution is 2.39. The first-order chi connectivity index (χ1) is 19.7. The molecule has 0 bridgehead atoms. The molecular formula is C31H38N6O4. The maximum atomic E-state index is 13.9. The molecule has 2 fully saturated rings. The van der Waals surface area contributed by atoms with Gasteiger partial charge in [0.2, 0.25) is 17.7 Å². The average molecular weight is 559 g/mol. The summed E-state index contributed by atoms with van der Waals surface area (Å²) in [7, 11) is 0. The summed E-state index contributed by atoms with van der Waals surface area (Å²) >= 11 is 0. The van der Waals surface area contributed by atoms with E-state index in [1.54, 1.807) is 4.68 Å². The number of nitrogens with zero attached hydrogens (tertiary/aromatic N) is 4. The number of β-amino-alcohol motifs (C(OH)–C–C–N with tert-alkyl or cyclic N) is 1. The number of amides is 3. The van der Waals surface area contributed by atoms with Crippen LogP contribution in [0, 0.1) is 5.92 Å². The van der Waals surface area contributed by atoms with Crippen LogP contribution in [-0.4, -0.2) is 67.5 Å². The molecule has 2 aliphatic rings. The van der Waals surface area contributed by atoms with E-state index in [0.717, 1.165) is 41.6 Å². The van der Waals surface area contributed by atoms with E-state index in [4.69, 9.17) is 5.73 Å². The molecule has 1 aromatic heterocycles. The van der Waals surface area contributed by atoms with Crippen molar-refractivity contribution < 1.29 is 19.5 Å². The third kappa shape index (κ3) is 6.48. The monoisotopic (exact) mass is 558 g/mol. The summed E-state index contributed by atoms with van der Waals surface area (Å²) in [5, 5.41) is 21.8. The number of primary amides is 1. The molecule has 1 aliphatic carbocycles. The SMILES string of the molecule is CCC(C)[C@@H](C(=O)N1C[C@H](O)CC1C(=O)N[C@H](Cc1ccc(-c2ccccc2)cc1)C(N)=O)n1cc(C2CC2)nn1. The molecule has 3 aromatic rings. The minimum absolute atomic E-state index is 0.0240. The second kappa shape index (κ2) is 12.2. The van der Waals surface area contributed by atoms with Crippen LogP contribution in [0.25, 0.3) is 11.1 Å². The van der Waals surface area contributed by atoms with Gasteiger partial charge in [-0.15, -0.1) is 5.10 Å². The number of benzene rings is 2. The van der Waals surface area contributed by atoms with Crippen molar-refractivity contribution in [1.82, 2.24) is 25.2 Å². The lowest BCUT2D eigenvalue weighted by molar-refractivity contribution is -0.143. The minimum atomic E-state index is -0.971. The fourth-order valence-corrected chi connectivity index (χ4v) is 5.50. The lowest BCUT2D eigenvalue weighted by Gasteiger charge is -2.31. The van der Waals surface area contributed by atoms with Gasteiger partial charge in [-0.3, -0.25) is 14.4 Å². The van der Waals surface area contributed by atoms with E-state index in [-0.39, 0.29) is 31.2 Å². The lowest BCUT2D eigenvalue weighted by Crippen LogP contribution is -2.54. The van der Waals surface area contributed by atoms with Gasteiger partial charge in [0.15, 0.2) is 0 Å². The number of nitrogens with one attached hydrogen (secondary N) is 1. The number of aliphatic hydroxyl groups excluding tert-OH is 1. The summed E-state index contributed by atoms with van der Waals surface area (Å²) in [4.78, 5) is 41.2. The van der Waals surface area contributed by atoms with E-state index in [9.17, 15) is 19.5 Å². The Labute approximate surface area is 239 Å². The summed E-state index contributed by atoms with van der Waals surface area (Å²) in [5.74, 6) is -1.16. The van der Waals surface area contributed by atoms with Crippen molar-refractivity contribution in [2.24, 2.45) is 11.7 Å². The Morgan fingerprint density at radius 3 is 2.39 bits per heavy atom. The summed E-state index contributed by atoms with van der Waals surface area (Å²) in [6.07, 6.45) is 4.11. The van der Waals surface area contributed by atoms with Crippen LogP contribution in [0.5, 0.6) is 0 Å². The zero-order valence-corrected chi connectivity index (χ0v) is 23.5. The lowest BCUT2D eigenvalue weighted by atomic mass is 9.97. The molecule has 1 aliphatic heterocycles. The second-order valence-electron chi connectivity index (χ2n) is 11.4. The van der Waals surface area contributed by atoms with E-state index in [0.29, 0.717) is 5.92 Å². The number of carbonyl (C=O) groups excluding carboxylic acids is 3. The molecule has 216 valence electrons. The van der Waals surface area contributed by atoms with Gasteiger partial charge in [-0.1, -0.05) is 80.1 Å². The molecule has 0 radical (unpaired) electrons. The Morgan fingerprint density at radius 1 is 1.07 bits per heavy atom.